The maximum absolute atomic E-state index is 12.3. The van der Waals surface area contributed by atoms with Crippen LogP contribution in [0.3, 0.4) is 0 Å². The highest BCUT2D eigenvalue weighted by atomic mass is 35.5. The summed E-state index contributed by atoms with van der Waals surface area (Å²) in [5.74, 6) is 1.01. The van der Waals surface area contributed by atoms with Gasteiger partial charge in [0.1, 0.15) is 5.82 Å². The van der Waals surface area contributed by atoms with Gasteiger partial charge in [-0.2, -0.15) is 4.37 Å². The molecular formula is C14H27Cl2N5O2S. The molecule has 24 heavy (non-hydrogen) atoms. The molecule has 7 nitrogen and oxygen atoms in total. The maximum Gasteiger partial charge on any atom is 0.225 e. The first-order valence-electron chi connectivity index (χ1n) is 7.76. The maximum atomic E-state index is 12.3. The van der Waals surface area contributed by atoms with Crippen molar-refractivity contribution in [1.29, 1.82) is 0 Å². The van der Waals surface area contributed by atoms with Crippen LogP contribution in [0.4, 0.5) is 5.13 Å². The molecule has 2 heterocycles. The normalized spacial score (nSPS) is 16.0. The molecule has 2 rings (SSSR count). The number of hydrogen-bond donors (Lipinski definition) is 1. The van der Waals surface area contributed by atoms with Gasteiger partial charge in [0.15, 0.2) is 0 Å². The molecule has 0 spiro atoms. The van der Waals surface area contributed by atoms with E-state index in [1.165, 1.54) is 11.5 Å². The van der Waals surface area contributed by atoms with Crippen LogP contribution in [-0.4, -0.2) is 66.1 Å². The Hall–Kier alpha value is -0.670. The monoisotopic (exact) mass is 399 g/mol. The molecule has 0 bridgehead atoms. The number of anilines is 1. The van der Waals surface area contributed by atoms with Crippen LogP contribution in [0.15, 0.2) is 0 Å². The molecule has 140 valence electrons. The molecule has 1 aliphatic heterocycles. The van der Waals surface area contributed by atoms with E-state index in [0.29, 0.717) is 19.5 Å². The zero-order valence-corrected chi connectivity index (χ0v) is 16.6. The third kappa shape index (κ3) is 6.33. The molecule has 0 radical (unpaired) electrons. The van der Waals surface area contributed by atoms with Crippen LogP contribution in [0.5, 0.6) is 0 Å². The van der Waals surface area contributed by atoms with Crippen molar-refractivity contribution in [3.05, 3.63) is 5.82 Å². The van der Waals surface area contributed by atoms with Gasteiger partial charge in [-0.15, -0.1) is 24.8 Å². The highest BCUT2D eigenvalue weighted by Crippen LogP contribution is 2.19. The number of aromatic nitrogens is 2. The van der Waals surface area contributed by atoms with Gasteiger partial charge in [0.2, 0.25) is 11.0 Å². The summed E-state index contributed by atoms with van der Waals surface area (Å²) in [4.78, 5) is 21.0. The highest BCUT2D eigenvalue weighted by Gasteiger charge is 2.23. The van der Waals surface area contributed by atoms with Crippen LogP contribution < -0.4 is 10.6 Å². The number of amides is 1. The topological polar surface area (TPSA) is 84.6 Å². The number of rotatable bonds is 6. The van der Waals surface area contributed by atoms with Gasteiger partial charge in [0, 0.05) is 57.8 Å². The summed E-state index contributed by atoms with van der Waals surface area (Å²) in [6.07, 6.45) is 1.95. The summed E-state index contributed by atoms with van der Waals surface area (Å²) in [5.41, 5.74) is 5.59. The Morgan fingerprint density at radius 3 is 2.67 bits per heavy atom. The largest absolute Gasteiger partial charge is 0.380 e. The third-order valence-corrected chi connectivity index (χ3v) is 4.71. The fourth-order valence-corrected chi connectivity index (χ4v) is 3.26. The standard InChI is InChI=1S/C14H25N5O2S.2ClH/c1-3-12-16-14(22-17-12)19-6-4-5-18(7-8-19)13(20)9-11(10-15)21-2;;/h11H,3-10,15H2,1-2H3;2*1H. The summed E-state index contributed by atoms with van der Waals surface area (Å²) in [6.45, 7) is 5.61. The molecule has 1 aromatic heterocycles. The number of nitrogens with two attached hydrogens (primary N) is 1. The number of methoxy groups -OCH3 is 1. The van der Waals surface area contributed by atoms with Crippen molar-refractivity contribution >= 4 is 47.4 Å². The van der Waals surface area contributed by atoms with E-state index >= 15 is 0 Å². The Bertz CT molecular complexity index is 487. The summed E-state index contributed by atoms with van der Waals surface area (Å²) in [5, 5.41) is 0.961. The van der Waals surface area contributed by atoms with Crippen molar-refractivity contribution < 1.29 is 9.53 Å². The smallest absolute Gasteiger partial charge is 0.225 e. The molecule has 1 unspecified atom stereocenters. The van der Waals surface area contributed by atoms with Crippen molar-refractivity contribution in [3.63, 3.8) is 0 Å². The second-order valence-electron chi connectivity index (χ2n) is 5.37. The van der Waals surface area contributed by atoms with Crippen molar-refractivity contribution in [3.8, 4) is 0 Å². The molecule has 0 aromatic carbocycles. The van der Waals surface area contributed by atoms with Crippen molar-refractivity contribution in [2.24, 2.45) is 5.73 Å². The zero-order valence-electron chi connectivity index (χ0n) is 14.1. The van der Waals surface area contributed by atoms with Crippen LogP contribution in [0.2, 0.25) is 0 Å². The fraction of sp³-hybridized carbons (Fsp3) is 0.786. The number of ether oxygens (including phenoxy) is 1. The lowest BCUT2D eigenvalue weighted by atomic mass is 10.2. The number of nitrogens with zero attached hydrogens (tertiary/aromatic N) is 4. The molecule has 1 fully saturated rings. The van der Waals surface area contributed by atoms with E-state index in [2.05, 4.69) is 21.2 Å². The lowest BCUT2D eigenvalue weighted by Gasteiger charge is -2.23. The molecule has 1 aromatic rings. The lowest BCUT2D eigenvalue weighted by molar-refractivity contribution is -0.133. The Morgan fingerprint density at radius 2 is 2.08 bits per heavy atom. The summed E-state index contributed by atoms with van der Waals surface area (Å²) < 4.78 is 9.53. The van der Waals surface area contributed by atoms with E-state index in [1.54, 1.807) is 7.11 Å². The molecule has 0 saturated carbocycles. The van der Waals surface area contributed by atoms with Gasteiger partial charge in [-0.1, -0.05) is 6.92 Å². The Labute approximate surface area is 159 Å². The number of carbonyl (C=O) groups excluding carboxylic acids is 1. The predicted molar refractivity (Wildman–Crippen MR) is 102 cm³/mol. The minimum atomic E-state index is -0.192. The highest BCUT2D eigenvalue weighted by molar-refractivity contribution is 7.09. The van der Waals surface area contributed by atoms with Gasteiger partial charge in [0.25, 0.3) is 0 Å². The first-order valence-corrected chi connectivity index (χ1v) is 8.53. The number of carbonyl (C=O) groups is 1. The first kappa shape index (κ1) is 23.3. The number of hydrogen-bond acceptors (Lipinski definition) is 7. The van der Waals surface area contributed by atoms with Crippen LogP contribution in [0.1, 0.15) is 25.6 Å². The van der Waals surface area contributed by atoms with Crippen LogP contribution in [-0.2, 0) is 16.0 Å². The Kier molecular flexibility index (Phi) is 11.5. The number of halogens is 2. The molecule has 1 saturated heterocycles. The van der Waals surface area contributed by atoms with Gasteiger partial charge in [-0.3, -0.25) is 4.79 Å². The van der Waals surface area contributed by atoms with Gasteiger partial charge in [-0.05, 0) is 6.42 Å². The van der Waals surface area contributed by atoms with Crippen molar-refractivity contribution in [2.75, 3.05) is 44.7 Å². The zero-order chi connectivity index (χ0) is 15.9. The molecular weight excluding hydrogens is 373 g/mol. The van der Waals surface area contributed by atoms with E-state index in [1.807, 2.05) is 4.90 Å². The van der Waals surface area contributed by atoms with Crippen LogP contribution >= 0.6 is 36.3 Å². The molecule has 0 aliphatic carbocycles. The van der Waals surface area contributed by atoms with E-state index in [0.717, 1.165) is 43.4 Å². The second-order valence-corrected chi connectivity index (χ2v) is 6.10. The number of aryl methyl sites for hydroxylation is 1. The molecule has 1 atom stereocenters. The fourth-order valence-electron chi connectivity index (χ4n) is 2.46. The quantitative estimate of drug-likeness (QED) is 0.776. The van der Waals surface area contributed by atoms with E-state index in [9.17, 15) is 4.79 Å². The SMILES string of the molecule is CCc1nsc(N2CCCN(C(=O)CC(CN)OC)CC2)n1.Cl.Cl. The summed E-state index contributed by atoms with van der Waals surface area (Å²) in [6, 6.07) is 0. The lowest BCUT2D eigenvalue weighted by Crippen LogP contribution is -2.38. The van der Waals surface area contributed by atoms with Gasteiger partial charge >= 0.3 is 0 Å². The van der Waals surface area contributed by atoms with Gasteiger partial charge in [-0.25, -0.2) is 4.98 Å². The first-order chi connectivity index (χ1) is 10.7. The predicted octanol–water partition coefficient (Wildman–Crippen LogP) is 1.35. The third-order valence-electron chi connectivity index (χ3n) is 3.89. The van der Waals surface area contributed by atoms with Crippen molar-refractivity contribution in [1.82, 2.24) is 14.3 Å². The van der Waals surface area contributed by atoms with E-state index in [4.69, 9.17) is 10.5 Å². The van der Waals surface area contributed by atoms with Crippen LogP contribution in [0, 0.1) is 0 Å². The molecule has 1 amide bonds. The van der Waals surface area contributed by atoms with E-state index < -0.39 is 0 Å². The minimum Gasteiger partial charge on any atom is -0.380 e. The Morgan fingerprint density at radius 1 is 1.33 bits per heavy atom. The van der Waals surface area contributed by atoms with Crippen molar-refractivity contribution in [2.45, 2.75) is 32.3 Å². The van der Waals surface area contributed by atoms with Crippen LogP contribution in [0.25, 0.3) is 0 Å². The minimum absolute atomic E-state index is 0. The second kappa shape index (κ2) is 11.8. The molecule has 2 N–H and O–H groups in total. The van der Waals surface area contributed by atoms with Gasteiger partial charge in [0.05, 0.1) is 12.5 Å². The Balaban J connectivity index is 0.00000264. The molecule has 1 aliphatic rings. The molecule has 10 heteroatoms. The average molecular weight is 400 g/mol. The van der Waals surface area contributed by atoms with E-state index in [-0.39, 0.29) is 36.8 Å². The van der Waals surface area contributed by atoms with Gasteiger partial charge < -0.3 is 20.3 Å². The summed E-state index contributed by atoms with van der Waals surface area (Å²) >= 11 is 1.44. The summed E-state index contributed by atoms with van der Waals surface area (Å²) in [7, 11) is 1.59. The average Bonchev–Trinajstić information content (AvgIpc) is 2.89.